The lowest BCUT2D eigenvalue weighted by molar-refractivity contribution is 0.194. The molecule has 2 N–H and O–H groups in total. The summed E-state index contributed by atoms with van der Waals surface area (Å²) >= 11 is 0. The number of aromatic amines is 1. The van der Waals surface area contributed by atoms with Crippen LogP contribution in [0.15, 0.2) is 79.3 Å². The quantitative estimate of drug-likeness (QED) is 0.357. The normalized spacial score (nSPS) is 17.6. The van der Waals surface area contributed by atoms with Crippen molar-refractivity contribution in [2.75, 3.05) is 45.2 Å². The second kappa shape index (κ2) is 13.7. The summed E-state index contributed by atoms with van der Waals surface area (Å²) in [6, 6.07) is 24.8. The van der Waals surface area contributed by atoms with Gasteiger partial charge in [0.05, 0.1) is 5.39 Å². The van der Waals surface area contributed by atoms with Crippen LogP contribution >= 0.6 is 0 Å². The van der Waals surface area contributed by atoms with E-state index >= 15 is 0 Å². The van der Waals surface area contributed by atoms with Gasteiger partial charge in [-0.25, -0.2) is 9.97 Å². The Kier molecular flexibility index (Phi) is 9.59. The van der Waals surface area contributed by atoms with Crippen LogP contribution in [0.25, 0.3) is 11.0 Å². The van der Waals surface area contributed by atoms with Gasteiger partial charge in [-0.05, 0) is 63.0 Å². The number of nitrogens with one attached hydrogen (secondary N) is 2. The van der Waals surface area contributed by atoms with Crippen LogP contribution in [-0.4, -0.2) is 77.1 Å². The van der Waals surface area contributed by atoms with E-state index in [1.54, 1.807) is 6.33 Å². The topological polar surface area (TPSA) is 63.3 Å². The summed E-state index contributed by atoms with van der Waals surface area (Å²) in [5.74, 6) is 1.03. The van der Waals surface area contributed by atoms with Crippen LogP contribution in [-0.2, 0) is 13.1 Å². The Hall–Kier alpha value is -3.26. The number of aromatic nitrogens is 3. The van der Waals surface area contributed by atoms with Crippen molar-refractivity contribution in [3.63, 3.8) is 0 Å². The molecule has 2 aromatic carbocycles. The second-order valence-corrected chi connectivity index (χ2v) is 10.9. The first-order valence-electron chi connectivity index (χ1n) is 14.4. The van der Waals surface area contributed by atoms with Gasteiger partial charge in [-0.2, -0.15) is 0 Å². The molecule has 2 aliphatic rings. The van der Waals surface area contributed by atoms with Crippen LogP contribution in [0.2, 0.25) is 0 Å². The maximum atomic E-state index is 4.52. The first-order chi connectivity index (χ1) is 19.2. The third kappa shape index (κ3) is 7.44. The fourth-order valence-corrected chi connectivity index (χ4v) is 5.84. The van der Waals surface area contributed by atoms with Crippen molar-refractivity contribution >= 4 is 16.9 Å². The molecular formula is C32H43N7. The molecule has 2 aliphatic heterocycles. The number of piperidine rings is 2. The molecule has 0 saturated carbocycles. The van der Waals surface area contributed by atoms with Crippen molar-refractivity contribution in [1.82, 2.24) is 30.1 Å². The fraction of sp³-hybridized carbons (Fsp3) is 0.438. The van der Waals surface area contributed by atoms with Gasteiger partial charge >= 0.3 is 0 Å². The predicted molar refractivity (Wildman–Crippen MR) is 161 cm³/mol. The summed E-state index contributed by atoms with van der Waals surface area (Å²) in [7, 11) is 4.23. The number of benzene rings is 2. The number of fused-ring (bicyclic) bond motifs is 1. The van der Waals surface area contributed by atoms with Crippen molar-refractivity contribution < 1.29 is 0 Å². The van der Waals surface area contributed by atoms with E-state index < -0.39 is 0 Å². The zero-order valence-electron chi connectivity index (χ0n) is 23.5. The molecule has 0 aliphatic carbocycles. The SMILES string of the molecule is CN(c1ncnc2[nH]ccc12)C1CCN(Cc2ccccc2)CC1.CNC1CCN(Cc2ccccc2)CC1. The van der Waals surface area contributed by atoms with Crippen molar-refractivity contribution in [3.8, 4) is 0 Å². The van der Waals surface area contributed by atoms with E-state index in [9.17, 15) is 0 Å². The van der Waals surface area contributed by atoms with Crippen molar-refractivity contribution in [2.24, 2.45) is 0 Å². The molecule has 0 bridgehead atoms. The third-order valence-corrected chi connectivity index (χ3v) is 8.27. The fourth-order valence-electron chi connectivity index (χ4n) is 5.84. The van der Waals surface area contributed by atoms with Gasteiger partial charge in [0, 0.05) is 51.5 Å². The first-order valence-corrected chi connectivity index (χ1v) is 14.4. The molecule has 6 rings (SSSR count). The highest BCUT2D eigenvalue weighted by atomic mass is 15.2. The van der Waals surface area contributed by atoms with Gasteiger partial charge in [0.2, 0.25) is 0 Å². The Labute approximate surface area is 233 Å². The molecule has 7 nitrogen and oxygen atoms in total. The summed E-state index contributed by atoms with van der Waals surface area (Å²) < 4.78 is 0. The number of likely N-dealkylation sites (tertiary alicyclic amines) is 2. The maximum Gasteiger partial charge on any atom is 0.142 e. The lowest BCUT2D eigenvalue weighted by Gasteiger charge is -2.37. The van der Waals surface area contributed by atoms with Crippen molar-refractivity contribution in [2.45, 2.75) is 50.9 Å². The van der Waals surface area contributed by atoms with E-state index in [2.05, 4.69) is 116 Å². The number of nitrogens with zero attached hydrogens (tertiary/aromatic N) is 5. The molecule has 2 aromatic heterocycles. The van der Waals surface area contributed by atoms with E-state index in [0.29, 0.717) is 6.04 Å². The zero-order valence-corrected chi connectivity index (χ0v) is 23.5. The highest BCUT2D eigenvalue weighted by Crippen LogP contribution is 2.26. The van der Waals surface area contributed by atoms with Crippen molar-refractivity contribution in [3.05, 3.63) is 90.4 Å². The Bertz CT molecular complexity index is 1240. The number of rotatable bonds is 7. The van der Waals surface area contributed by atoms with Gasteiger partial charge in [-0.3, -0.25) is 9.80 Å². The molecule has 4 heterocycles. The summed E-state index contributed by atoms with van der Waals surface area (Å²) in [4.78, 5) is 19.4. The van der Waals surface area contributed by atoms with Gasteiger partial charge in [-0.15, -0.1) is 0 Å². The van der Waals surface area contributed by atoms with E-state index in [0.717, 1.165) is 49.1 Å². The minimum Gasteiger partial charge on any atom is -0.356 e. The molecule has 0 unspecified atom stereocenters. The van der Waals surface area contributed by atoms with Gasteiger partial charge in [-0.1, -0.05) is 60.7 Å². The highest BCUT2D eigenvalue weighted by molar-refractivity contribution is 5.87. The minimum absolute atomic E-state index is 0.532. The summed E-state index contributed by atoms with van der Waals surface area (Å²) in [5.41, 5.74) is 3.74. The minimum atomic E-state index is 0.532. The Morgan fingerprint density at radius 2 is 1.36 bits per heavy atom. The van der Waals surface area contributed by atoms with Crippen LogP contribution in [0.1, 0.15) is 36.8 Å². The first kappa shape index (κ1) is 27.3. The number of H-pyrrole nitrogens is 1. The average Bonchev–Trinajstić information content (AvgIpc) is 3.48. The van der Waals surface area contributed by atoms with E-state index in [1.165, 1.54) is 49.9 Å². The van der Waals surface area contributed by atoms with E-state index in [1.807, 2.05) is 6.20 Å². The molecule has 0 radical (unpaired) electrons. The molecule has 0 spiro atoms. The molecular weight excluding hydrogens is 482 g/mol. The van der Waals surface area contributed by atoms with E-state index in [-0.39, 0.29) is 0 Å². The smallest absolute Gasteiger partial charge is 0.142 e. The Morgan fingerprint density at radius 3 is 1.92 bits per heavy atom. The molecule has 2 saturated heterocycles. The second-order valence-electron chi connectivity index (χ2n) is 10.9. The number of hydrogen-bond acceptors (Lipinski definition) is 6. The molecule has 4 aromatic rings. The Balaban J connectivity index is 0.000000177. The lowest BCUT2D eigenvalue weighted by Crippen LogP contribution is -2.43. The van der Waals surface area contributed by atoms with Crippen LogP contribution in [0.3, 0.4) is 0 Å². The molecule has 39 heavy (non-hydrogen) atoms. The average molecular weight is 526 g/mol. The third-order valence-electron chi connectivity index (χ3n) is 8.27. The van der Waals surface area contributed by atoms with E-state index in [4.69, 9.17) is 0 Å². The predicted octanol–water partition coefficient (Wildman–Crippen LogP) is 4.93. The Morgan fingerprint density at radius 1 is 0.795 bits per heavy atom. The molecule has 7 heteroatoms. The lowest BCUT2D eigenvalue weighted by atomic mass is 10.0. The van der Waals surface area contributed by atoms with Gasteiger partial charge < -0.3 is 15.2 Å². The van der Waals surface area contributed by atoms with Gasteiger partial charge in [0.1, 0.15) is 17.8 Å². The number of hydrogen-bond donors (Lipinski definition) is 2. The monoisotopic (exact) mass is 525 g/mol. The highest BCUT2D eigenvalue weighted by Gasteiger charge is 2.24. The van der Waals surface area contributed by atoms with Gasteiger partial charge in [0.15, 0.2) is 0 Å². The number of anilines is 1. The van der Waals surface area contributed by atoms with Gasteiger partial charge in [0.25, 0.3) is 0 Å². The largest absolute Gasteiger partial charge is 0.356 e. The van der Waals surface area contributed by atoms with Crippen LogP contribution in [0.4, 0.5) is 5.82 Å². The molecule has 206 valence electrons. The maximum absolute atomic E-state index is 4.52. The molecule has 0 atom stereocenters. The van der Waals surface area contributed by atoms with Crippen molar-refractivity contribution in [1.29, 1.82) is 0 Å². The van der Waals surface area contributed by atoms with Crippen LogP contribution in [0.5, 0.6) is 0 Å². The zero-order chi connectivity index (χ0) is 26.9. The summed E-state index contributed by atoms with van der Waals surface area (Å²) in [5, 5.41) is 4.47. The molecule has 2 fully saturated rings. The molecule has 0 amide bonds. The standard InChI is InChI=1S/C19H23N5.C13H20N2/c1-23(19-17-7-10-20-18(17)21-14-22-19)16-8-11-24(12-9-16)13-15-5-3-2-4-6-15;1-14-13-7-9-15(10-8-13)11-12-5-3-2-4-6-12/h2-7,10,14,16H,8-9,11-13H2,1H3,(H,20,21,22);2-6,13-14H,7-11H2,1H3. The summed E-state index contributed by atoms with van der Waals surface area (Å²) in [6.45, 7) is 6.86. The van der Waals surface area contributed by atoms with Crippen LogP contribution in [0, 0.1) is 0 Å². The van der Waals surface area contributed by atoms with Crippen LogP contribution < -0.4 is 10.2 Å². The summed E-state index contributed by atoms with van der Waals surface area (Å²) in [6.07, 6.45) is 8.47.